The molecule has 0 unspecified atom stereocenters. The summed E-state index contributed by atoms with van der Waals surface area (Å²) in [5.41, 5.74) is 2.10. The second-order valence-electron chi connectivity index (χ2n) is 4.45. The molecule has 0 saturated heterocycles. The molecular weight excluding hydrogens is 246 g/mol. The van der Waals surface area contributed by atoms with E-state index in [-0.39, 0.29) is 0 Å². The lowest BCUT2D eigenvalue weighted by Gasteiger charge is -2.10. The number of hydrogen-bond donors (Lipinski definition) is 0. The summed E-state index contributed by atoms with van der Waals surface area (Å²) < 4.78 is 5.66. The first-order valence-corrected chi connectivity index (χ1v) is 6.37. The Balaban J connectivity index is 2.06. The number of halogens is 1. The largest absolute Gasteiger partial charge is 0.486 e. The molecule has 0 N–H and O–H groups in total. The molecule has 18 heavy (non-hydrogen) atoms. The van der Waals surface area contributed by atoms with Gasteiger partial charge in [-0.3, -0.25) is 4.98 Å². The first kappa shape index (κ1) is 12.9. The van der Waals surface area contributed by atoms with E-state index in [1.54, 1.807) is 6.20 Å². The molecule has 0 aliphatic heterocycles. The predicted molar refractivity (Wildman–Crippen MR) is 74.1 cm³/mol. The van der Waals surface area contributed by atoms with Crippen molar-refractivity contribution in [1.29, 1.82) is 0 Å². The molecule has 0 atom stereocenters. The lowest BCUT2D eigenvalue weighted by molar-refractivity contribution is 0.301. The van der Waals surface area contributed by atoms with Crippen LogP contribution in [0.25, 0.3) is 0 Å². The molecule has 0 saturated carbocycles. The summed E-state index contributed by atoms with van der Waals surface area (Å²) >= 11 is 6.19. The highest BCUT2D eigenvalue weighted by Crippen LogP contribution is 2.28. The number of hydrogen-bond acceptors (Lipinski definition) is 2. The van der Waals surface area contributed by atoms with Crippen LogP contribution in [0.1, 0.15) is 31.0 Å². The van der Waals surface area contributed by atoms with E-state index in [1.165, 1.54) is 5.56 Å². The zero-order valence-corrected chi connectivity index (χ0v) is 11.3. The molecule has 0 bridgehead atoms. The number of ether oxygens (including phenoxy) is 1. The van der Waals surface area contributed by atoms with Crippen molar-refractivity contribution in [2.75, 3.05) is 0 Å². The Morgan fingerprint density at radius 2 is 2.06 bits per heavy atom. The van der Waals surface area contributed by atoms with Gasteiger partial charge < -0.3 is 4.74 Å². The van der Waals surface area contributed by atoms with E-state index < -0.39 is 0 Å². The summed E-state index contributed by atoms with van der Waals surface area (Å²) in [7, 11) is 0. The SMILES string of the molecule is CC(C)c1ccc(OCc2ccccn2)c(Cl)c1. The molecule has 0 radical (unpaired) electrons. The molecule has 3 heteroatoms. The van der Waals surface area contributed by atoms with Crippen LogP contribution in [0.2, 0.25) is 5.02 Å². The molecular formula is C15H16ClNO. The molecule has 1 heterocycles. The minimum Gasteiger partial charge on any atom is -0.486 e. The average molecular weight is 262 g/mol. The number of aromatic nitrogens is 1. The van der Waals surface area contributed by atoms with Crippen molar-refractivity contribution in [1.82, 2.24) is 4.98 Å². The van der Waals surface area contributed by atoms with Crippen LogP contribution in [-0.4, -0.2) is 4.98 Å². The zero-order chi connectivity index (χ0) is 13.0. The first-order valence-electron chi connectivity index (χ1n) is 5.99. The number of pyridine rings is 1. The van der Waals surface area contributed by atoms with Crippen LogP contribution in [0, 0.1) is 0 Å². The van der Waals surface area contributed by atoms with Gasteiger partial charge >= 0.3 is 0 Å². The highest BCUT2D eigenvalue weighted by molar-refractivity contribution is 6.32. The van der Waals surface area contributed by atoms with Gasteiger partial charge in [0.1, 0.15) is 12.4 Å². The molecule has 0 aliphatic rings. The molecule has 1 aromatic carbocycles. The van der Waals surface area contributed by atoms with E-state index in [0.717, 1.165) is 5.69 Å². The van der Waals surface area contributed by atoms with Crippen LogP contribution >= 0.6 is 11.6 Å². The van der Waals surface area contributed by atoms with Gasteiger partial charge in [0.25, 0.3) is 0 Å². The maximum Gasteiger partial charge on any atom is 0.138 e. The molecule has 2 nitrogen and oxygen atoms in total. The van der Waals surface area contributed by atoms with Crippen LogP contribution in [0.3, 0.4) is 0 Å². The monoisotopic (exact) mass is 261 g/mol. The molecule has 0 aliphatic carbocycles. The van der Waals surface area contributed by atoms with Crippen molar-refractivity contribution in [3.63, 3.8) is 0 Å². The molecule has 0 amide bonds. The normalized spacial score (nSPS) is 10.7. The summed E-state index contributed by atoms with van der Waals surface area (Å²) in [6.07, 6.45) is 1.75. The highest BCUT2D eigenvalue weighted by atomic mass is 35.5. The summed E-state index contributed by atoms with van der Waals surface area (Å²) in [6.45, 7) is 4.71. The summed E-state index contributed by atoms with van der Waals surface area (Å²) in [6, 6.07) is 11.7. The second kappa shape index (κ2) is 5.87. The topological polar surface area (TPSA) is 22.1 Å². The van der Waals surface area contributed by atoms with Gasteiger partial charge in [-0.15, -0.1) is 0 Å². The van der Waals surface area contributed by atoms with E-state index in [9.17, 15) is 0 Å². The van der Waals surface area contributed by atoms with Crippen molar-refractivity contribution >= 4 is 11.6 Å². The van der Waals surface area contributed by atoms with Crippen molar-refractivity contribution in [3.05, 3.63) is 58.9 Å². The quantitative estimate of drug-likeness (QED) is 0.812. The third kappa shape index (κ3) is 3.23. The van der Waals surface area contributed by atoms with Crippen molar-refractivity contribution in [2.45, 2.75) is 26.4 Å². The van der Waals surface area contributed by atoms with E-state index in [1.807, 2.05) is 36.4 Å². The summed E-state index contributed by atoms with van der Waals surface area (Å²) in [5, 5.41) is 0.650. The number of rotatable bonds is 4. The van der Waals surface area contributed by atoms with Gasteiger partial charge in [-0.2, -0.15) is 0 Å². The third-order valence-electron chi connectivity index (χ3n) is 2.72. The van der Waals surface area contributed by atoms with Gasteiger partial charge in [0.2, 0.25) is 0 Å². The zero-order valence-electron chi connectivity index (χ0n) is 10.6. The fraction of sp³-hybridized carbons (Fsp3) is 0.267. The standard InChI is InChI=1S/C15H16ClNO/c1-11(2)12-6-7-15(14(16)9-12)18-10-13-5-3-4-8-17-13/h3-9,11H,10H2,1-2H3. The van der Waals surface area contributed by atoms with Gasteiger partial charge in [0.15, 0.2) is 0 Å². The van der Waals surface area contributed by atoms with Crippen molar-refractivity contribution in [2.24, 2.45) is 0 Å². The summed E-state index contributed by atoms with van der Waals surface area (Å²) in [5.74, 6) is 1.17. The van der Waals surface area contributed by atoms with Crippen LogP contribution in [0.5, 0.6) is 5.75 Å². The maximum absolute atomic E-state index is 6.19. The Morgan fingerprint density at radius 3 is 2.67 bits per heavy atom. The Morgan fingerprint density at radius 1 is 1.22 bits per heavy atom. The van der Waals surface area contributed by atoms with Crippen molar-refractivity contribution in [3.8, 4) is 5.75 Å². The van der Waals surface area contributed by atoms with Crippen LogP contribution in [-0.2, 0) is 6.61 Å². The van der Waals surface area contributed by atoms with E-state index in [4.69, 9.17) is 16.3 Å². The second-order valence-corrected chi connectivity index (χ2v) is 4.86. The Bertz CT molecular complexity index is 511. The minimum absolute atomic E-state index is 0.432. The fourth-order valence-corrected chi connectivity index (χ4v) is 1.87. The maximum atomic E-state index is 6.19. The predicted octanol–water partition coefficient (Wildman–Crippen LogP) is 4.44. The number of benzene rings is 1. The third-order valence-corrected chi connectivity index (χ3v) is 3.02. The van der Waals surface area contributed by atoms with Crippen LogP contribution in [0.15, 0.2) is 42.6 Å². The summed E-state index contributed by atoms with van der Waals surface area (Å²) in [4.78, 5) is 4.20. The lowest BCUT2D eigenvalue weighted by atomic mass is 10.0. The van der Waals surface area contributed by atoms with E-state index in [0.29, 0.717) is 23.3 Å². The van der Waals surface area contributed by atoms with E-state index in [2.05, 4.69) is 18.8 Å². The first-order chi connectivity index (χ1) is 8.66. The van der Waals surface area contributed by atoms with Gasteiger partial charge in [-0.05, 0) is 35.7 Å². The minimum atomic E-state index is 0.432. The molecule has 2 rings (SSSR count). The van der Waals surface area contributed by atoms with E-state index >= 15 is 0 Å². The lowest BCUT2D eigenvalue weighted by Crippen LogP contribution is -1.98. The van der Waals surface area contributed by atoms with Crippen LogP contribution in [0.4, 0.5) is 0 Å². The van der Waals surface area contributed by atoms with Crippen molar-refractivity contribution < 1.29 is 4.74 Å². The Labute approximate surface area is 113 Å². The Hall–Kier alpha value is -1.54. The van der Waals surface area contributed by atoms with Crippen LogP contribution < -0.4 is 4.74 Å². The fourth-order valence-electron chi connectivity index (χ4n) is 1.63. The van der Waals surface area contributed by atoms with Gasteiger partial charge in [-0.1, -0.05) is 37.6 Å². The highest BCUT2D eigenvalue weighted by Gasteiger charge is 2.06. The van der Waals surface area contributed by atoms with Gasteiger partial charge in [-0.25, -0.2) is 0 Å². The molecule has 2 aromatic rings. The molecule has 0 fully saturated rings. The molecule has 1 aromatic heterocycles. The smallest absolute Gasteiger partial charge is 0.138 e. The average Bonchev–Trinajstić information content (AvgIpc) is 2.38. The molecule has 0 spiro atoms. The molecule has 94 valence electrons. The Kier molecular flexibility index (Phi) is 4.21. The van der Waals surface area contributed by atoms with Gasteiger partial charge in [0.05, 0.1) is 10.7 Å². The van der Waals surface area contributed by atoms with Gasteiger partial charge in [0, 0.05) is 6.20 Å². The number of nitrogens with zero attached hydrogens (tertiary/aromatic N) is 1.